The summed E-state index contributed by atoms with van der Waals surface area (Å²) in [6.45, 7) is 4.51. The Morgan fingerprint density at radius 2 is 2.35 bits per heavy atom. The number of carbonyl (C=O) groups excluding carboxylic acids is 1. The van der Waals surface area contributed by atoms with Crippen molar-refractivity contribution < 1.29 is 4.79 Å². The Kier molecular flexibility index (Phi) is 4.27. The van der Waals surface area contributed by atoms with Crippen molar-refractivity contribution in [1.82, 2.24) is 10.2 Å². The van der Waals surface area contributed by atoms with Crippen LogP contribution in [0, 0.1) is 3.57 Å². The van der Waals surface area contributed by atoms with Gasteiger partial charge in [0, 0.05) is 34.8 Å². The number of nitrogens with one attached hydrogen (secondary N) is 1. The number of nitrogens with zero attached hydrogens (tertiary/aromatic N) is 1. The average Bonchev–Trinajstić information content (AvgIpc) is 2.32. The fourth-order valence-corrected chi connectivity index (χ4v) is 2.45. The molecule has 0 saturated carbocycles. The summed E-state index contributed by atoms with van der Waals surface area (Å²) in [4.78, 5) is 14.2. The first-order chi connectivity index (χ1) is 8.09. The summed E-state index contributed by atoms with van der Waals surface area (Å²) in [7, 11) is 0. The van der Waals surface area contributed by atoms with Crippen LogP contribution in [-0.2, 0) is 0 Å². The molecule has 0 aliphatic carbocycles. The van der Waals surface area contributed by atoms with Crippen LogP contribution in [0.1, 0.15) is 17.3 Å². The molecule has 1 aromatic rings. The normalized spacial score (nSPS) is 20.4. The Bertz CT molecular complexity index is 439. The minimum atomic E-state index is 0.0669. The lowest BCUT2D eigenvalue weighted by Gasteiger charge is -2.34. The molecule has 2 rings (SSSR count). The van der Waals surface area contributed by atoms with Gasteiger partial charge in [-0.25, -0.2) is 0 Å². The van der Waals surface area contributed by atoms with Crippen molar-refractivity contribution >= 4 is 40.1 Å². The van der Waals surface area contributed by atoms with E-state index in [0.717, 1.165) is 23.2 Å². The zero-order valence-corrected chi connectivity index (χ0v) is 12.5. The van der Waals surface area contributed by atoms with Crippen molar-refractivity contribution in [1.29, 1.82) is 0 Å². The third-order valence-corrected chi connectivity index (χ3v) is 4.50. The van der Waals surface area contributed by atoms with Gasteiger partial charge in [-0.15, -0.1) is 0 Å². The number of halogens is 2. The van der Waals surface area contributed by atoms with Crippen LogP contribution in [0.4, 0.5) is 0 Å². The smallest absolute Gasteiger partial charge is 0.254 e. The Morgan fingerprint density at radius 3 is 3.00 bits per heavy atom. The molecule has 0 radical (unpaired) electrons. The van der Waals surface area contributed by atoms with Gasteiger partial charge < -0.3 is 10.2 Å². The van der Waals surface area contributed by atoms with E-state index < -0.39 is 0 Å². The summed E-state index contributed by atoms with van der Waals surface area (Å²) in [5, 5.41) is 3.91. The molecule has 17 heavy (non-hydrogen) atoms. The van der Waals surface area contributed by atoms with E-state index in [0.29, 0.717) is 10.6 Å². The van der Waals surface area contributed by atoms with E-state index in [1.165, 1.54) is 0 Å². The number of benzene rings is 1. The highest BCUT2D eigenvalue weighted by Gasteiger charge is 2.24. The van der Waals surface area contributed by atoms with Crippen molar-refractivity contribution in [3.8, 4) is 0 Å². The summed E-state index contributed by atoms with van der Waals surface area (Å²) in [6, 6.07) is 5.70. The van der Waals surface area contributed by atoms with Crippen LogP contribution in [0.5, 0.6) is 0 Å². The molecule has 1 N–H and O–H groups in total. The van der Waals surface area contributed by atoms with E-state index in [9.17, 15) is 4.79 Å². The fourth-order valence-electron chi connectivity index (χ4n) is 1.94. The van der Waals surface area contributed by atoms with Gasteiger partial charge in [0.15, 0.2) is 0 Å². The molecule has 0 bridgehead atoms. The van der Waals surface area contributed by atoms with E-state index in [1.807, 2.05) is 17.0 Å². The Hall–Kier alpha value is -0.330. The molecule has 3 nitrogen and oxygen atoms in total. The van der Waals surface area contributed by atoms with Crippen molar-refractivity contribution in [2.75, 3.05) is 19.6 Å². The number of piperazine rings is 1. The standard InChI is InChI=1S/C12H14ClIN2O/c1-8-7-15-4-5-16(8)12(17)9-2-3-11(14)10(13)6-9/h2-3,6,8,15H,4-5,7H2,1H3. The van der Waals surface area contributed by atoms with Gasteiger partial charge in [-0.3, -0.25) is 4.79 Å². The molecule has 1 unspecified atom stereocenters. The summed E-state index contributed by atoms with van der Waals surface area (Å²) in [5.74, 6) is 0.0669. The summed E-state index contributed by atoms with van der Waals surface area (Å²) >= 11 is 8.20. The maximum atomic E-state index is 12.3. The molecule has 1 amide bonds. The zero-order chi connectivity index (χ0) is 12.4. The monoisotopic (exact) mass is 364 g/mol. The molecule has 1 heterocycles. The van der Waals surface area contributed by atoms with Crippen molar-refractivity contribution in [2.24, 2.45) is 0 Å². The highest BCUT2D eigenvalue weighted by Crippen LogP contribution is 2.21. The third-order valence-electron chi connectivity index (χ3n) is 2.93. The predicted molar refractivity (Wildman–Crippen MR) is 77.5 cm³/mol. The lowest BCUT2D eigenvalue weighted by atomic mass is 10.1. The Balaban J connectivity index is 2.21. The molecule has 1 aromatic carbocycles. The van der Waals surface area contributed by atoms with Gasteiger partial charge in [0.1, 0.15) is 0 Å². The topological polar surface area (TPSA) is 32.3 Å². The molecule has 92 valence electrons. The highest BCUT2D eigenvalue weighted by atomic mass is 127. The van der Waals surface area contributed by atoms with E-state index >= 15 is 0 Å². The van der Waals surface area contributed by atoms with Crippen LogP contribution < -0.4 is 5.32 Å². The van der Waals surface area contributed by atoms with Gasteiger partial charge in [-0.1, -0.05) is 11.6 Å². The van der Waals surface area contributed by atoms with Crippen molar-refractivity contribution in [3.63, 3.8) is 0 Å². The first-order valence-electron chi connectivity index (χ1n) is 5.56. The molecule has 1 atom stereocenters. The summed E-state index contributed by atoms with van der Waals surface area (Å²) in [6.07, 6.45) is 0. The second-order valence-corrected chi connectivity index (χ2v) is 5.75. The van der Waals surface area contributed by atoms with Gasteiger partial charge in [0.2, 0.25) is 0 Å². The molecule has 1 fully saturated rings. The van der Waals surface area contributed by atoms with Crippen molar-refractivity contribution in [3.05, 3.63) is 32.4 Å². The van der Waals surface area contributed by atoms with E-state index in [2.05, 4.69) is 34.8 Å². The minimum Gasteiger partial charge on any atom is -0.333 e. The van der Waals surface area contributed by atoms with Crippen LogP contribution in [0.2, 0.25) is 5.02 Å². The lowest BCUT2D eigenvalue weighted by Crippen LogP contribution is -2.52. The van der Waals surface area contributed by atoms with E-state index in [1.54, 1.807) is 6.07 Å². The van der Waals surface area contributed by atoms with Crippen molar-refractivity contribution in [2.45, 2.75) is 13.0 Å². The number of carbonyl (C=O) groups is 1. The van der Waals surface area contributed by atoms with Crippen LogP contribution in [0.15, 0.2) is 18.2 Å². The molecular weight excluding hydrogens is 351 g/mol. The first-order valence-corrected chi connectivity index (χ1v) is 7.02. The van der Waals surface area contributed by atoms with Crippen LogP contribution in [0.3, 0.4) is 0 Å². The molecule has 0 aromatic heterocycles. The molecule has 1 aliphatic heterocycles. The highest BCUT2D eigenvalue weighted by molar-refractivity contribution is 14.1. The SMILES string of the molecule is CC1CNCCN1C(=O)c1ccc(I)c(Cl)c1. The zero-order valence-electron chi connectivity index (χ0n) is 9.54. The summed E-state index contributed by atoms with van der Waals surface area (Å²) < 4.78 is 0.967. The number of amides is 1. The van der Waals surface area contributed by atoms with Crippen LogP contribution in [-0.4, -0.2) is 36.5 Å². The summed E-state index contributed by atoms with van der Waals surface area (Å²) in [5.41, 5.74) is 0.671. The first kappa shape index (κ1) is 13.1. The number of hydrogen-bond donors (Lipinski definition) is 1. The minimum absolute atomic E-state index is 0.0669. The van der Waals surface area contributed by atoms with Gasteiger partial charge in [0.05, 0.1) is 5.02 Å². The molecule has 5 heteroatoms. The maximum absolute atomic E-state index is 12.3. The van der Waals surface area contributed by atoms with Gasteiger partial charge >= 0.3 is 0 Å². The quantitative estimate of drug-likeness (QED) is 0.776. The van der Waals surface area contributed by atoms with Crippen LogP contribution >= 0.6 is 34.2 Å². The maximum Gasteiger partial charge on any atom is 0.254 e. The third kappa shape index (κ3) is 2.92. The van der Waals surface area contributed by atoms with Gasteiger partial charge in [-0.05, 0) is 47.7 Å². The Labute approximate surface area is 120 Å². The molecule has 1 aliphatic rings. The number of rotatable bonds is 1. The Morgan fingerprint density at radius 1 is 1.59 bits per heavy atom. The largest absolute Gasteiger partial charge is 0.333 e. The van der Waals surface area contributed by atoms with Crippen LogP contribution in [0.25, 0.3) is 0 Å². The second kappa shape index (κ2) is 5.54. The molecule has 0 spiro atoms. The van der Waals surface area contributed by atoms with E-state index in [4.69, 9.17) is 11.6 Å². The molecule has 1 saturated heterocycles. The van der Waals surface area contributed by atoms with Gasteiger partial charge in [0.25, 0.3) is 5.91 Å². The second-order valence-electron chi connectivity index (χ2n) is 4.18. The molecular formula is C12H14ClIN2O. The average molecular weight is 365 g/mol. The number of hydrogen-bond acceptors (Lipinski definition) is 2. The van der Waals surface area contributed by atoms with E-state index in [-0.39, 0.29) is 11.9 Å². The lowest BCUT2D eigenvalue weighted by molar-refractivity contribution is 0.0656. The predicted octanol–water partition coefficient (Wildman–Crippen LogP) is 2.38. The van der Waals surface area contributed by atoms with Gasteiger partial charge in [-0.2, -0.15) is 0 Å². The fraction of sp³-hybridized carbons (Fsp3) is 0.417.